The maximum atomic E-state index is 11.5. The fraction of sp³-hybridized carbons (Fsp3) is 0.222. The molecule has 0 saturated heterocycles. The molecule has 0 atom stereocenters. The Balaban J connectivity index is 1.98. The summed E-state index contributed by atoms with van der Waals surface area (Å²) >= 11 is 0. The fourth-order valence-corrected chi connectivity index (χ4v) is 1.28. The van der Waals surface area contributed by atoms with Crippen LogP contribution in [0.1, 0.15) is 16.1 Å². The number of H-pyrrole nitrogens is 1. The van der Waals surface area contributed by atoms with Gasteiger partial charge < -0.3 is 16.0 Å². The van der Waals surface area contributed by atoms with Gasteiger partial charge in [-0.15, -0.1) is 0 Å². The van der Waals surface area contributed by atoms with Gasteiger partial charge in [-0.3, -0.25) is 9.48 Å². The van der Waals surface area contributed by atoms with Crippen LogP contribution in [0.3, 0.4) is 0 Å². The minimum atomic E-state index is -0.222. The average molecular weight is 220 g/mol. The summed E-state index contributed by atoms with van der Waals surface area (Å²) in [4.78, 5) is 18.0. The molecule has 0 spiro atoms. The Bertz CT molecular complexity index is 486. The summed E-state index contributed by atoms with van der Waals surface area (Å²) in [6.07, 6.45) is 4.54. The smallest absolute Gasteiger partial charge is 0.269 e. The number of rotatable bonds is 3. The van der Waals surface area contributed by atoms with Gasteiger partial charge in [0.15, 0.2) is 0 Å². The van der Waals surface area contributed by atoms with E-state index in [1.807, 2.05) is 0 Å². The van der Waals surface area contributed by atoms with Crippen LogP contribution in [-0.4, -0.2) is 25.7 Å². The van der Waals surface area contributed by atoms with Crippen molar-refractivity contribution >= 4 is 11.7 Å². The van der Waals surface area contributed by atoms with Crippen molar-refractivity contribution in [3.05, 3.63) is 30.0 Å². The maximum absolute atomic E-state index is 11.5. The lowest BCUT2D eigenvalue weighted by Gasteiger charge is -2.02. The number of nitrogen functional groups attached to an aromatic ring is 1. The summed E-state index contributed by atoms with van der Waals surface area (Å²) < 4.78 is 1.55. The van der Waals surface area contributed by atoms with E-state index in [4.69, 9.17) is 5.73 Å². The van der Waals surface area contributed by atoms with Gasteiger partial charge in [-0.25, -0.2) is 4.98 Å². The van der Waals surface area contributed by atoms with Crippen LogP contribution in [0.5, 0.6) is 0 Å². The van der Waals surface area contributed by atoms with Gasteiger partial charge in [0, 0.05) is 19.2 Å². The lowest BCUT2D eigenvalue weighted by molar-refractivity contribution is 0.0946. The van der Waals surface area contributed by atoms with Gasteiger partial charge in [0.05, 0.1) is 18.7 Å². The second-order valence-corrected chi connectivity index (χ2v) is 3.33. The zero-order valence-corrected chi connectivity index (χ0v) is 8.77. The average Bonchev–Trinajstić information content (AvgIpc) is 2.89. The first-order valence-electron chi connectivity index (χ1n) is 4.71. The zero-order valence-electron chi connectivity index (χ0n) is 8.77. The molecule has 84 valence electrons. The van der Waals surface area contributed by atoms with Crippen molar-refractivity contribution in [2.24, 2.45) is 7.05 Å². The number of hydrogen-bond donors (Lipinski definition) is 3. The molecule has 0 radical (unpaired) electrons. The first kappa shape index (κ1) is 10.2. The van der Waals surface area contributed by atoms with E-state index in [1.165, 1.54) is 12.5 Å². The van der Waals surface area contributed by atoms with Crippen LogP contribution in [0.25, 0.3) is 0 Å². The van der Waals surface area contributed by atoms with E-state index < -0.39 is 0 Å². The Morgan fingerprint density at radius 2 is 2.44 bits per heavy atom. The van der Waals surface area contributed by atoms with Crippen molar-refractivity contribution in [1.82, 2.24) is 25.1 Å². The Morgan fingerprint density at radius 3 is 3.00 bits per heavy atom. The number of imidazole rings is 1. The summed E-state index contributed by atoms with van der Waals surface area (Å²) in [5, 5.41) is 6.69. The summed E-state index contributed by atoms with van der Waals surface area (Å²) in [7, 11) is 1.75. The van der Waals surface area contributed by atoms with Crippen LogP contribution in [0.4, 0.5) is 5.82 Å². The van der Waals surface area contributed by atoms with Gasteiger partial charge in [0.2, 0.25) is 0 Å². The molecule has 0 aliphatic carbocycles. The molecule has 2 heterocycles. The second-order valence-electron chi connectivity index (χ2n) is 3.33. The van der Waals surface area contributed by atoms with E-state index in [9.17, 15) is 4.79 Å². The summed E-state index contributed by atoms with van der Waals surface area (Å²) in [6, 6.07) is 0. The molecule has 0 unspecified atom stereocenters. The highest BCUT2D eigenvalue weighted by molar-refractivity contribution is 5.91. The first-order valence-corrected chi connectivity index (χ1v) is 4.71. The predicted molar refractivity (Wildman–Crippen MR) is 57.4 cm³/mol. The van der Waals surface area contributed by atoms with Gasteiger partial charge in [-0.2, -0.15) is 5.10 Å². The number of aromatic amines is 1. The highest BCUT2D eigenvalue weighted by Gasteiger charge is 2.09. The first-order chi connectivity index (χ1) is 7.68. The molecule has 2 aromatic heterocycles. The third-order valence-corrected chi connectivity index (χ3v) is 2.25. The Hall–Kier alpha value is -2.31. The lowest BCUT2D eigenvalue weighted by atomic mass is 10.3. The molecule has 0 bridgehead atoms. The Labute approximate surface area is 91.7 Å². The maximum Gasteiger partial charge on any atom is 0.269 e. The number of hydrogen-bond acceptors (Lipinski definition) is 4. The van der Waals surface area contributed by atoms with E-state index in [1.54, 1.807) is 17.9 Å². The lowest BCUT2D eigenvalue weighted by Crippen LogP contribution is -2.23. The monoisotopic (exact) mass is 220 g/mol. The van der Waals surface area contributed by atoms with E-state index in [0.717, 1.165) is 5.56 Å². The van der Waals surface area contributed by atoms with Crippen molar-refractivity contribution in [3.63, 3.8) is 0 Å². The quantitative estimate of drug-likeness (QED) is 0.658. The van der Waals surface area contributed by atoms with E-state index in [-0.39, 0.29) is 5.91 Å². The number of nitrogens with two attached hydrogens (primary N) is 1. The largest absolute Gasteiger partial charge is 0.384 e. The molecule has 4 N–H and O–H groups in total. The summed E-state index contributed by atoms with van der Waals surface area (Å²) in [6.45, 7) is 0.345. The van der Waals surface area contributed by atoms with Crippen molar-refractivity contribution in [1.29, 1.82) is 0 Å². The van der Waals surface area contributed by atoms with Crippen molar-refractivity contribution in [2.45, 2.75) is 6.54 Å². The molecule has 0 fully saturated rings. The van der Waals surface area contributed by atoms with E-state index in [2.05, 4.69) is 20.4 Å². The molecule has 1 amide bonds. The van der Waals surface area contributed by atoms with Gasteiger partial charge in [-0.05, 0) is 0 Å². The Kier molecular flexibility index (Phi) is 2.59. The van der Waals surface area contributed by atoms with Gasteiger partial charge in [0.1, 0.15) is 11.5 Å². The van der Waals surface area contributed by atoms with Gasteiger partial charge in [0.25, 0.3) is 5.91 Å². The molecule has 0 saturated carbocycles. The fourth-order valence-electron chi connectivity index (χ4n) is 1.28. The van der Waals surface area contributed by atoms with Crippen LogP contribution in [0, 0.1) is 0 Å². The van der Waals surface area contributed by atoms with Crippen LogP contribution in [-0.2, 0) is 13.6 Å². The van der Waals surface area contributed by atoms with Crippen LogP contribution in [0.15, 0.2) is 18.7 Å². The Morgan fingerprint density at radius 1 is 1.62 bits per heavy atom. The standard InChI is InChI=1S/C9H12N6O/c1-15-8(10)6(3-14-15)2-12-9(16)7-4-11-5-13-7/h3-5H,2,10H2,1H3,(H,11,13)(H,12,16). The highest BCUT2D eigenvalue weighted by atomic mass is 16.1. The molecule has 0 aliphatic heterocycles. The minimum Gasteiger partial charge on any atom is -0.384 e. The number of anilines is 1. The van der Waals surface area contributed by atoms with Gasteiger partial charge in [-0.1, -0.05) is 0 Å². The van der Waals surface area contributed by atoms with E-state index >= 15 is 0 Å². The third kappa shape index (κ3) is 1.88. The summed E-state index contributed by atoms with van der Waals surface area (Å²) in [5.74, 6) is 0.325. The normalized spacial score (nSPS) is 10.3. The number of amides is 1. The number of aryl methyl sites for hydroxylation is 1. The number of nitrogens with zero attached hydrogens (tertiary/aromatic N) is 3. The minimum absolute atomic E-state index is 0.222. The molecule has 7 heteroatoms. The van der Waals surface area contributed by atoms with Crippen LogP contribution < -0.4 is 11.1 Å². The highest BCUT2D eigenvalue weighted by Crippen LogP contribution is 2.08. The van der Waals surface area contributed by atoms with E-state index in [0.29, 0.717) is 18.1 Å². The predicted octanol–water partition coefficient (Wildman–Crippen LogP) is -0.345. The number of carbonyl (C=O) groups is 1. The molecule has 2 aromatic rings. The number of carbonyl (C=O) groups excluding carboxylic acids is 1. The zero-order chi connectivity index (χ0) is 11.5. The van der Waals surface area contributed by atoms with Crippen molar-refractivity contribution in [2.75, 3.05) is 5.73 Å². The van der Waals surface area contributed by atoms with Gasteiger partial charge >= 0.3 is 0 Å². The molecule has 7 nitrogen and oxygen atoms in total. The SMILES string of the molecule is Cn1ncc(CNC(=O)c2cnc[nH]2)c1N. The molecule has 0 aromatic carbocycles. The molecule has 2 rings (SSSR count). The number of aromatic nitrogens is 4. The summed E-state index contributed by atoms with van der Waals surface area (Å²) in [5.41, 5.74) is 6.94. The van der Waals surface area contributed by atoms with Crippen LogP contribution in [0.2, 0.25) is 0 Å². The van der Waals surface area contributed by atoms with Crippen molar-refractivity contribution < 1.29 is 4.79 Å². The molecule has 16 heavy (non-hydrogen) atoms. The number of nitrogens with one attached hydrogen (secondary N) is 2. The topological polar surface area (TPSA) is 102 Å². The molecule has 0 aliphatic rings. The molecular formula is C9H12N6O. The third-order valence-electron chi connectivity index (χ3n) is 2.25. The molecular weight excluding hydrogens is 208 g/mol. The van der Waals surface area contributed by atoms with Crippen molar-refractivity contribution in [3.8, 4) is 0 Å². The second kappa shape index (κ2) is 4.05. The van der Waals surface area contributed by atoms with Crippen LogP contribution >= 0.6 is 0 Å².